The van der Waals surface area contributed by atoms with Crippen LogP contribution in [0.5, 0.6) is 0 Å². The highest BCUT2D eigenvalue weighted by atomic mass is 32.1. The number of rotatable bonds is 3. The summed E-state index contributed by atoms with van der Waals surface area (Å²) >= 11 is 1.84. The molecule has 0 aliphatic carbocycles. The molecule has 2 aliphatic heterocycles. The third kappa shape index (κ3) is 2.62. The van der Waals surface area contributed by atoms with Gasteiger partial charge in [0.15, 0.2) is 5.79 Å². The summed E-state index contributed by atoms with van der Waals surface area (Å²) in [5.41, 5.74) is 0. The highest BCUT2D eigenvalue weighted by Gasteiger charge is 2.41. The Balaban J connectivity index is 1.61. The molecule has 0 N–H and O–H groups in total. The van der Waals surface area contributed by atoms with Crippen LogP contribution in [0.25, 0.3) is 0 Å². The molecule has 1 aromatic heterocycles. The van der Waals surface area contributed by atoms with Crippen molar-refractivity contribution in [1.82, 2.24) is 4.90 Å². The van der Waals surface area contributed by atoms with Crippen LogP contribution in [0.1, 0.15) is 24.6 Å². The van der Waals surface area contributed by atoms with E-state index in [1.54, 1.807) is 0 Å². The van der Waals surface area contributed by atoms with Gasteiger partial charge >= 0.3 is 0 Å². The van der Waals surface area contributed by atoms with Crippen LogP contribution >= 0.6 is 11.3 Å². The zero-order chi connectivity index (χ0) is 12.4. The maximum atomic E-state index is 5.82. The molecular formula is C14H21NO2S. The van der Waals surface area contributed by atoms with Crippen LogP contribution in [-0.4, -0.2) is 37.0 Å². The summed E-state index contributed by atoms with van der Waals surface area (Å²) in [6.45, 7) is 6.97. The van der Waals surface area contributed by atoms with E-state index in [2.05, 4.69) is 29.3 Å². The van der Waals surface area contributed by atoms with E-state index in [-0.39, 0.29) is 5.79 Å². The first-order valence-electron chi connectivity index (χ1n) is 6.79. The minimum atomic E-state index is -0.339. The Morgan fingerprint density at radius 2 is 2.28 bits per heavy atom. The molecular weight excluding hydrogens is 246 g/mol. The number of likely N-dealkylation sites (tertiary alicyclic amines) is 1. The molecule has 3 heterocycles. The van der Waals surface area contributed by atoms with Gasteiger partial charge in [-0.1, -0.05) is 6.07 Å². The van der Waals surface area contributed by atoms with Gasteiger partial charge in [-0.3, -0.25) is 4.90 Å². The topological polar surface area (TPSA) is 21.7 Å². The van der Waals surface area contributed by atoms with Crippen molar-refractivity contribution in [3.8, 4) is 0 Å². The molecule has 4 heteroatoms. The molecule has 2 aliphatic rings. The molecule has 1 aromatic rings. The summed E-state index contributed by atoms with van der Waals surface area (Å²) in [5.74, 6) is 0.169. The maximum Gasteiger partial charge on any atom is 0.169 e. The molecule has 1 unspecified atom stereocenters. The first kappa shape index (κ1) is 12.6. The van der Waals surface area contributed by atoms with Gasteiger partial charge in [0.05, 0.1) is 13.2 Å². The van der Waals surface area contributed by atoms with Gasteiger partial charge in [-0.2, -0.15) is 0 Å². The molecule has 0 spiro atoms. The molecule has 2 fully saturated rings. The van der Waals surface area contributed by atoms with Crippen molar-refractivity contribution >= 4 is 11.3 Å². The number of hydrogen-bond acceptors (Lipinski definition) is 4. The van der Waals surface area contributed by atoms with Crippen molar-refractivity contribution in [2.75, 3.05) is 26.3 Å². The van der Waals surface area contributed by atoms with E-state index in [9.17, 15) is 0 Å². The first-order valence-corrected chi connectivity index (χ1v) is 7.67. The van der Waals surface area contributed by atoms with E-state index in [1.165, 1.54) is 24.3 Å². The Bertz CT molecular complexity index is 373. The molecule has 0 amide bonds. The standard InChI is InChI=1S/C14H21NO2S/c1-14(16-7-8-17-14)12-4-2-6-15(10-12)11-13-5-3-9-18-13/h3,5,9,12H,2,4,6-8,10-11H2,1H3. The quantitative estimate of drug-likeness (QED) is 0.840. The van der Waals surface area contributed by atoms with E-state index < -0.39 is 0 Å². The lowest BCUT2D eigenvalue weighted by Crippen LogP contribution is -2.46. The number of nitrogens with zero attached hydrogens (tertiary/aromatic N) is 1. The van der Waals surface area contributed by atoms with Gasteiger partial charge in [-0.05, 0) is 37.8 Å². The van der Waals surface area contributed by atoms with E-state index >= 15 is 0 Å². The number of piperidine rings is 1. The highest BCUT2D eigenvalue weighted by molar-refractivity contribution is 7.09. The second kappa shape index (κ2) is 5.29. The minimum absolute atomic E-state index is 0.339. The van der Waals surface area contributed by atoms with Gasteiger partial charge in [0.2, 0.25) is 0 Å². The van der Waals surface area contributed by atoms with E-state index in [1.807, 2.05) is 11.3 Å². The van der Waals surface area contributed by atoms with Crippen LogP contribution in [-0.2, 0) is 16.0 Å². The lowest BCUT2D eigenvalue weighted by Gasteiger charge is -2.39. The summed E-state index contributed by atoms with van der Waals surface area (Å²) in [6, 6.07) is 4.35. The van der Waals surface area contributed by atoms with Crippen molar-refractivity contribution in [3.05, 3.63) is 22.4 Å². The molecule has 3 nitrogen and oxygen atoms in total. The zero-order valence-electron chi connectivity index (χ0n) is 10.9. The first-order chi connectivity index (χ1) is 8.76. The summed E-state index contributed by atoms with van der Waals surface area (Å²) in [7, 11) is 0. The van der Waals surface area contributed by atoms with Gasteiger partial charge in [0.25, 0.3) is 0 Å². The van der Waals surface area contributed by atoms with Crippen LogP contribution in [0.2, 0.25) is 0 Å². The summed E-state index contributed by atoms with van der Waals surface area (Å²) in [5, 5.41) is 2.15. The van der Waals surface area contributed by atoms with Crippen molar-refractivity contribution in [1.29, 1.82) is 0 Å². The number of thiophene rings is 1. The van der Waals surface area contributed by atoms with Crippen LogP contribution in [0.15, 0.2) is 17.5 Å². The van der Waals surface area contributed by atoms with E-state index in [0.29, 0.717) is 5.92 Å². The average molecular weight is 267 g/mol. The summed E-state index contributed by atoms with van der Waals surface area (Å²) in [4.78, 5) is 3.99. The summed E-state index contributed by atoms with van der Waals surface area (Å²) < 4.78 is 11.6. The van der Waals surface area contributed by atoms with E-state index in [0.717, 1.165) is 26.3 Å². The smallest absolute Gasteiger partial charge is 0.169 e. The normalized spacial score (nSPS) is 28.6. The van der Waals surface area contributed by atoms with Crippen LogP contribution < -0.4 is 0 Å². The lowest BCUT2D eigenvalue weighted by atomic mass is 9.90. The third-order valence-corrected chi connectivity index (χ3v) is 4.93. The van der Waals surface area contributed by atoms with Gasteiger partial charge in [-0.15, -0.1) is 11.3 Å². The lowest BCUT2D eigenvalue weighted by molar-refractivity contribution is -0.192. The van der Waals surface area contributed by atoms with Crippen molar-refractivity contribution in [2.45, 2.75) is 32.1 Å². The van der Waals surface area contributed by atoms with Gasteiger partial charge in [0.1, 0.15) is 0 Å². The van der Waals surface area contributed by atoms with Crippen molar-refractivity contribution < 1.29 is 9.47 Å². The molecule has 0 bridgehead atoms. The monoisotopic (exact) mass is 267 g/mol. The number of ether oxygens (including phenoxy) is 2. The Morgan fingerprint density at radius 3 is 3.00 bits per heavy atom. The summed E-state index contributed by atoms with van der Waals surface area (Å²) in [6.07, 6.45) is 2.47. The second-order valence-electron chi connectivity index (χ2n) is 5.37. The number of hydrogen-bond donors (Lipinski definition) is 0. The third-order valence-electron chi connectivity index (χ3n) is 4.07. The van der Waals surface area contributed by atoms with Crippen molar-refractivity contribution in [2.24, 2.45) is 5.92 Å². The molecule has 3 rings (SSSR count). The highest BCUT2D eigenvalue weighted by Crippen LogP contribution is 2.34. The predicted molar refractivity (Wildman–Crippen MR) is 72.6 cm³/mol. The fourth-order valence-electron chi connectivity index (χ4n) is 3.02. The Hall–Kier alpha value is -0.420. The van der Waals surface area contributed by atoms with Crippen LogP contribution in [0.3, 0.4) is 0 Å². The maximum absolute atomic E-state index is 5.82. The Morgan fingerprint density at radius 1 is 1.44 bits per heavy atom. The van der Waals surface area contributed by atoms with E-state index in [4.69, 9.17) is 9.47 Å². The molecule has 0 radical (unpaired) electrons. The van der Waals surface area contributed by atoms with Crippen LogP contribution in [0.4, 0.5) is 0 Å². The molecule has 100 valence electrons. The van der Waals surface area contributed by atoms with Gasteiger partial charge < -0.3 is 9.47 Å². The molecule has 18 heavy (non-hydrogen) atoms. The Kier molecular flexibility index (Phi) is 3.71. The fourth-order valence-corrected chi connectivity index (χ4v) is 3.76. The van der Waals surface area contributed by atoms with Gasteiger partial charge in [-0.25, -0.2) is 0 Å². The van der Waals surface area contributed by atoms with Crippen molar-refractivity contribution in [3.63, 3.8) is 0 Å². The molecule has 0 aromatic carbocycles. The molecule has 2 saturated heterocycles. The van der Waals surface area contributed by atoms with Crippen LogP contribution in [0, 0.1) is 5.92 Å². The molecule has 0 saturated carbocycles. The minimum Gasteiger partial charge on any atom is -0.347 e. The molecule has 1 atom stereocenters. The Labute approximate surface area is 113 Å². The second-order valence-corrected chi connectivity index (χ2v) is 6.40. The SMILES string of the molecule is CC1(C2CCCN(Cc3cccs3)C2)OCCO1. The average Bonchev–Trinajstić information content (AvgIpc) is 3.02. The zero-order valence-corrected chi connectivity index (χ0v) is 11.7. The predicted octanol–water partition coefficient (Wildman–Crippen LogP) is 2.72. The fraction of sp³-hybridized carbons (Fsp3) is 0.714. The van der Waals surface area contributed by atoms with Gasteiger partial charge in [0, 0.05) is 23.9 Å². The largest absolute Gasteiger partial charge is 0.347 e.